The Kier molecular flexibility index (Phi) is 6.05. The summed E-state index contributed by atoms with van der Waals surface area (Å²) in [6, 6.07) is 7.54. The highest BCUT2D eigenvalue weighted by atomic mass is 16.3. The predicted molar refractivity (Wildman–Crippen MR) is 96.0 cm³/mol. The van der Waals surface area contributed by atoms with E-state index in [1.807, 2.05) is 31.2 Å². The van der Waals surface area contributed by atoms with E-state index in [0.29, 0.717) is 18.5 Å². The van der Waals surface area contributed by atoms with Crippen molar-refractivity contribution in [2.24, 2.45) is 5.92 Å². The van der Waals surface area contributed by atoms with Gasteiger partial charge in [-0.05, 0) is 64.2 Å². The molecule has 2 atom stereocenters. The summed E-state index contributed by atoms with van der Waals surface area (Å²) >= 11 is 0. The van der Waals surface area contributed by atoms with E-state index in [2.05, 4.69) is 5.32 Å². The molecule has 1 aliphatic rings. The molecule has 0 radical (unpaired) electrons. The van der Waals surface area contributed by atoms with Gasteiger partial charge in [-0.25, -0.2) is 0 Å². The Balaban J connectivity index is 1.86. The molecule has 24 heavy (non-hydrogen) atoms. The Bertz CT molecular complexity index is 543. The molecule has 4 nitrogen and oxygen atoms in total. The molecule has 1 aromatic rings. The number of carbonyl (C=O) groups excluding carboxylic acids is 1. The average molecular weight is 333 g/mol. The number of hydrogen-bond acceptors (Lipinski definition) is 3. The van der Waals surface area contributed by atoms with Crippen LogP contribution >= 0.6 is 0 Å². The molecule has 1 aliphatic carbocycles. The predicted octanol–water partition coefficient (Wildman–Crippen LogP) is 3.06. The minimum Gasteiger partial charge on any atom is -0.390 e. The van der Waals surface area contributed by atoms with Crippen LogP contribution in [0.2, 0.25) is 0 Å². The zero-order chi connectivity index (χ0) is 17.8. The Morgan fingerprint density at radius 3 is 2.54 bits per heavy atom. The van der Waals surface area contributed by atoms with Gasteiger partial charge in [0.25, 0.3) is 5.91 Å². The molecular weight excluding hydrogens is 302 g/mol. The fraction of sp³-hybridized carbons (Fsp3) is 0.650. The number of amides is 1. The van der Waals surface area contributed by atoms with E-state index < -0.39 is 11.2 Å². The lowest BCUT2D eigenvalue weighted by Crippen LogP contribution is -2.44. The summed E-state index contributed by atoms with van der Waals surface area (Å²) in [6.45, 7) is 6.00. The first-order valence-electron chi connectivity index (χ1n) is 8.99. The molecule has 0 aliphatic heterocycles. The van der Waals surface area contributed by atoms with Gasteiger partial charge in [-0.3, -0.25) is 4.79 Å². The second kappa shape index (κ2) is 7.66. The van der Waals surface area contributed by atoms with Gasteiger partial charge in [-0.1, -0.05) is 25.0 Å². The third-order valence-electron chi connectivity index (χ3n) is 5.12. The second-order valence-electron chi connectivity index (χ2n) is 8.02. The van der Waals surface area contributed by atoms with Crippen LogP contribution in [0.15, 0.2) is 24.3 Å². The quantitative estimate of drug-likeness (QED) is 0.749. The van der Waals surface area contributed by atoms with E-state index in [4.69, 9.17) is 0 Å². The fourth-order valence-corrected chi connectivity index (χ4v) is 3.30. The van der Waals surface area contributed by atoms with E-state index in [-0.39, 0.29) is 11.8 Å². The third-order valence-corrected chi connectivity index (χ3v) is 5.12. The van der Waals surface area contributed by atoms with Crippen molar-refractivity contribution in [1.82, 2.24) is 5.32 Å². The normalized spacial score (nSPS) is 24.6. The van der Waals surface area contributed by atoms with Gasteiger partial charge in [0, 0.05) is 18.0 Å². The van der Waals surface area contributed by atoms with Crippen molar-refractivity contribution < 1.29 is 15.0 Å². The number of hydrogen-bond donors (Lipinski definition) is 3. The van der Waals surface area contributed by atoms with Crippen LogP contribution < -0.4 is 5.32 Å². The minimum absolute atomic E-state index is 0.0922. The van der Waals surface area contributed by atoms with Gasteiger partial charge in [0.2, 0.25) is 0 Å². The zero-order valence-corrected chi connectivity index (χ0v) is 15.1. The second-order valence-corrected chi connectivity index (χ2v) is 8.02. The SMILES string of the molecule is CC(C)(O)CCc1ccc(C(=O)NC[C@@H]2CCCC[C@]2(C)O)cc1. The molecule has 0 bridgehead atoms. The molecule has 2 rings (SSSR count). The molecule has 1 saturated carbocycles. The number of benzene rings is 1. The zero-order valence-electron chi connectivity index (χ0n) is 15.1. The Hall–Kier alpha value is -1.39. The van der Waals surface area contributed by atoms with Crippen molar-refractivity contribution in [1.29, 1.82) is 0 Å². The van der Waals surface area contributed by atoms with Crippen LogP contribution in [0, 0.1) is 5.92 Å². The average Bonchev–Trinajstić information content (AvgIpc) is 2.51. The molecule has 0 spiro atoms. The third kappa shape index (κ3) is 5.60. The molecule has 134 valence electrons. The molecular formula is C20H31NO3. The topological polar surface area (TPSA) is 69.6 Å². The first-order valence-corrected chi connectivity index (χ1v) is 8.99. The van der Waals surface area contributed by atoms with Gasteiger partial charge in [0.05, 0.1) is 11.2 Å². The molecule has 1 amide bonds. The summed E-state index contributed by atoms with van der Waals surface area (Å²) < 4.78 is 0. The van der Waals surface area contributed by atoms with E-state index in [9.17, 15) is 15.0 Å². The number of rotatable bonds is 6. The van der Waals surface area contributed by atoms with Crippen LogP contribution in [0.3, 0.4) is 0 Å². The first-order chi connectivity index (χ1) is 11.2. The molecule has 4 heteroatoms. The minimum atomic E-state index is -0.674. The van der Waals surface area contributed by atoms with Gasteiger partial charge in [-0.2, -0.15) is 0 Å². The van der Waals surface area contributed by atoms with Crippen LogP contribution in [0.25, 0.3) is 0 Å². The van der Waals surface area contributed by atoms with Crippen LogP contribution in [-0.2, 0) is 6.42 Å². The van der Waals surface area contributed by atoms with Crippen molar-refractivity contribution in [3.63, 3.8) is 0 Å². The Labute approximate surface area is 145 Å². The van der Waals surface area contributed by atoms with Crippen LogP contribution in [0.5, 0.6) is 0 Å². The van der Waals surface area contributed by atoms with Crippen molar-refractivity contribution in [2.75, 3.05) is 6.54 Å². The molecule has 0 unspecified atom stereocenters. The van der Waals surface area contributed by atoms with Gasteiger partial charge in [0.1, 0.15) is 0 Å². The standard InChI is InChI=1S/C20H31NO3/c1-19(2,23)13-11-15-7-9-16(10-8-15)18(22)21-14-17-6-4-5-12-20(17,3)24/h7-10,17,23-24H,4-6,11-14H2,1-3H3,(H,21,22)/t17-,20-/m0/s1. The highest BCUT2D eigenvalue weighted by Gasteiger charge is 2.34. The van der Waals surface area contributed by atoms with Gasteiger partial charge >= 0.3 is 0 Å². The van der Waals surface area contributed by atoms with Crippen molar-refractivity contribution in [2.45, 2.75) is 70.5 Å². The van der Waals surface area contributed by atoms with Gasteiger partial charge in [-0.15, -0.1) is 0 Å². The van der Waals surface area contributed by atoms with E-state index in [1.54, 1.807) is 13.8 Å². The molecule has 3 N–H and O–H groups in total. The maximum absolute atomic E-state index is 12.3. The monoisotopic (exact) mass is 333 g/mol. The Morgan fingerprint density at radius 1 is 1.29 bits per heavy atom. The summed E-state index contributed by atoms with van der Waals surface area (Å²) in [5.41, 5.74) is 0.404. The smallest absolute Gasteiger partial charge is 0.251 e. The fourth-order valence-electron chi connectivity index (χ4n) is 3.30. The molecule has 1 aromatic carbocycles. The summed E-state index contributed by atoms with van der Waals surface area (Å²) in [5.74, 6) is 0.0340. The summed E-state index contributed by atoms with van der Waals surface area (Å²) in [7, 11) is 0. The van der Waals surface area contributed by atoms with Crippen molar-refractivity contribution in [3.05, 3.63) is 35.4 Å². The highest BCUT2D eigenvalue weighted by Crippen LogP contribution is 2.32. The number of carbonyl (C=O) groups is 1. The van der Waals surface area contributed by atoms with Crippen molar-refractivity contribution in [3.8, 4) is 0 Å². The molecule has 1 fully saturated rings. The van der Waals surface area contributed by atoms with Crippen LogP contribution in [0.1, 0.15) is 68.8 Å². The van der Waals surface area contributed by atoms with E-state index in [0.717, 1.165) is 37.7 Å². The van der Waals surface area contributed by atoms with Crippen molar-refractivity contribution >= 4 is 5.91 Å². The molecule has 0 aromatic heterocycles. The maximum Gasteiger partial charge on any atom is 0.251 e. The highest BCUT2D eigenvalue weighted by molar-refractivity contribution is 5.94. The number of nitrogens with one attached hydrogen (secondary N) is 1. The lowest BCUT2D eigenvalue weighted by atomic mass is 9.76. The lowest BCUT2D eigenvalue weighted by molar-refractivity contribution is -0.0301. The maximum atomic E-state index is 12.3. The number of aryl methyl sites for hydroxylation is 1. The van der Waals surface area contributed by atoms with E-state index in [1.165, 1.54) is 0 Å². The first kappa shape index (κ1) is 18.9. The summed E-state index contributed by atoms with van der Waals surface area (Å²) in [5, 5.41) is 23.1. The lowest BCUT2D eigenvalue weighted by Gasteiger charge is -2.37. The van der Waals surface area contributed by atoms with Crippen LogP contribution in [0.4, 0.5) is 0 Å². The molecule has 0 heterocycles. The Morgan fingerprint density at radius 2 is 1.96 bits per heavy atom. The molecule has 0 saturated heterocycles. The largest absolute Gasteiger partial charge is 0.390 e. The van der Waals surface area contributed by atoms with Gasteiger partial charge in [0.15, 0.2) is 0 Å². The van der Waals surface area contributed by atoms with Crippen LogP contribution in [-0.4, -0.2) is 33.9 Å². The number of aliphatic hydroxyl groups is 2. The summed E-state index contributed by atoms with van der Waals surface area (Å²) in [4.78, 5) is 12.3. The van der Waals surface area contributed by atoms with E-state index >= 15 is 0 Å². The summed E-state index contributed by atoms with van der Waals surface area (Å²) in [6.07, 6.45) is 5.42. The van der Waals surface area contributed by atoms with Gasteiger partial charge < -0.3 is 15.5 Å².